The molecule has 0 radical (unpaired) electrons. The van der Waals surface area contributed by atoms with Crippen molar-refractivity contribution in [2.45, 2.75) is 20.0 Å². The van der Waals surface area contributed by atoms with E-state index in [9.17, 15) is 4.57 Å². The van der Waals surface area contributed by atoms with E-state index in [1.807, 2.05) is 0 Å². The number of rotatable bonds is 4. The lowest BCUT2D eigenvalue weighted by atomic mass is 10.5. The van der Waals surface area contributed by atoms with Gasteiger partial charge >= 0.3 is 7.60 Å². The van der Waals surface area contributed by atoms with Crippen molar-refractivity contribution in [3.63, 3.8) is 0 Å². The molecule has 0 bridgehead atoms. The Morgan fingerprint density at radius 1 is 1.70 bits per heavy atom. The molecule has 2 atom stereocenters. The molecule has 0 aliphatic heterocycles. The zero-order valence-corrected chi connectivity index (χ0v) is 7.04. The van der Waals surface area contributed by atoms with Crippen molar-refractivity contribution >= 4 is 7.60 Å². The Hall–Kier alpha value is 0.110. The van der Waals surface area contributed by atoms with Crippen LogP contribution in [0.2, 0.25) is 0 Å². The fraction of sp³-hybridized carbons (Fsp3) is 1.00. The van der Waals surface area contributed by atoms with Gasteiger partial charge in [0.1, 0.15) is 0 Å². The molecule has 0 aromatic carbocycles. The highest BCUT2D eigenvalue weighted by Gasteiger charge is 2.15. The molecule has 5 heteroatoms. The standard InChI is InChI=1S/C5H13O4P/c1-3-10(7,8)9-4-5(2)6/h5-6H,3-4H2,1-2H3,(H,7,8). The van der Waals surface area contributed by atoms with Crippen LogP contribution in [0.25, 0.3) is 0 Å². The number of aliphatic hydroxyl groups excluding tert-OH is 1. The lowest BCUT2D eigenvalue weighted by molar-refractivity contribution is 0.114. The van der Waals surface area contributed by atoms with E-state index >= 15 is 0 Å². The zero-order valence-electron chi connectivity index (χ0n) is 6.15. The molecule has 0 fully saturated rings. The molecular weight excluding hydrogens is 155 g/mol. The summed E-state index contributed by atoms with van der Waals surface area (Å²) < 4.78 is 15.2. The summed E-state index contributed by atoms with van der Waals surface area (Å²) in [5.74, 6) is 0. The first-order chi connectivity index (χ1) is 4.48. The molecule has 0 saturated heterocycles. The molecule has 0 aliphatic carbocycles. The van der Waals surface area contributed by atoms with Crippen LogP contribution in [0.1, 0.15) is 13.8 Å². The van der Waals surface area contributed by atoms with Gasteiger partial charge in [-0.05, 0) is 6.92 Å². The van der Waals surface area contributed by atoms with E-state index in [1.165, 1.54) is 6.92 Å². The first-order valence-corrected chi connectivity index (χ1v) is 4.88. The van der Waals surface area contributed by atoms with Crippen molar-refractivity contribution in [3.05, 3.63) is 0 Å². The average molecular weight is 168 g/mol. The minimum absolute atomic E-state index is 0.0817. The number of aliphatic hydroxyl groups is 1. The highest BCUT2D eigenvalue weighted by Crippen LogP contribution is 2.40. The largest absolute Gasteiger partial charge is 0.391 e. The maximum atomic E-state index is 10.7. The summed E-state index contributed by atoms with van der Waals surface area (Å²) in [5.41, 5.74) is 0. The van der Waals surface area contributed by atoms with Crippen LogP contribution in [0, 0.1) is 0 Å². The van der Waals surface area contributed by atoms with Crippen LogP contribution >= 0.6 is 7.60 Å². The average Bonchev–Trinajstić information content (AvgIpc) is 1.85. The van der Waals surface area contributed by atoms with Gasteiger partial charge in [0.05, 0.1) is 12.7 Å². The quantitative estimate of drug-likeness (QED) is 0.603. The van der Waals surface area contributed by atoms with Gasteiger partial charge in [-0.25, -0.2) is 0 Å². The predicted octanol–water partition coefficient (Wildman–Crippen LogP) is 0.589. The van der Waals surface area contributed by atoms with Gasteiger partial charge in [-0.3, -0.25) is 4.57 Å². The summed E-state index contributed by atoms with van der Waals surface area (Å²) in [7, 11) is -3.39. The minimum atomic E-state index is -3.39. The van der Waals surface area contributed by atoms with E-state index in [0.717, 1.165) is 0 Å². The Labute approximate surface area is 60.4 Å². The number of hydrogen-bond donors (Lipinski definition) is 2. The molecule has 0 saturated carbocycles. The van der Waals surface area contributed by atoms with Crippen LogP contribution in [-0.2, 0) is 9.09 Å². The Morgan fingerprint density at radius 3 is 2.50 bits per heavy atom. The summed E-state index contributed by atoms with van der Waals surface area (Å²) >= 11 is 0. The van der Waals surface area contributed by atoms with Gasteiger partial charge in [-0.1, -0.05) is 6.92 Å². The van der Waals surface area contributed by atoms with Gasteiger partial charge in [0.25, 0.3) is 0 Å². The molecule has 2 unspecified atom stereocenters. The zero-order chi connectivity index (χ0) is 8.20. The van der Waals surface area contributed by atoms with Gasteiger partial charge in [0, 0.05) is 6.16 Å². The maximum absolute atomic E-state index is 10.7. The second-order valence-electron chi connectivity index (χ2n) is 2.10. The van der Waals surface area contributed by atoms with E-state index in [-0.39, 0.29) is 12.8 Å². The topological polar surface area (TPSA) is 66.8 Å². The summed E-state index contributed by atoms with van der Waals surface area (Å²) in [6, 6.07) is 0. The fourth-order valence-electron chi connectivity index (χ4n) is 0.316. The fourth-order valence-corrected chi connectivity index (χ4v) is 0.947. The van der Waals surface area contributed by atoms with Crippen LogP contribution in [0.4, 0.5) is 0 Å². The molecule has 0 aliphatic rings. The highest BCUT2D eigenvalue weighted by molar-refractivity contribution is 7.52. The Bertz CT molecular complexity index is 134. The van der Waals surface area contributed by atoms with Gasteiger partial charge < -0.3 is 14.5 Å². The Kier molecular flexibility index (Phi) is 4.13. The van der Waals surface area contributed by atoms with E-state index in [2.05, 4.69) is 4.52 Å². The molecule has 10 heavy (non-hydrogen) atoms. The van der Waals surface area contributed by atoms with E-state index in [1.54, 1.807) is 6.92 Å². The first kappa shape index (κ1) is 10.1. The van der Waals surface area contributed by atoms with Crippen LogP contribution in [0.15, 0.2) is 0 Å². The van der Waals surface area contributed by atoms with E-state index in [0.29, 0.717) is 0 Å². The lowest BCUT2D eigenvalue weighted by Gasteiger charge is -2.10. The first-order valence-electron chi connectivity index (χ1n) is 3.12. The monoisotopic (exact) mass is 168 g/mol. The van der Waals surface area contributed by atoms with Gasteiger partial charge in [0.2, 0.25) is 0 Å². The normalized spacial score (nSPS) is 20.0. The van der Waals surface area contributed by atoms with Crippen molar-refractivity contribution in [3.8, 4) is 0 Å². The third kappa shape index (κ3) is 4.94. The summed E-state index contributed by atoms with van der Waals surface area (Å²) in [5, 5.41) is 8.65. The van der Waals surface area contributed by atoms with Crippen molar-refractivity contribution in [2.75, 3.05) is 12.8 Å². The minimum Gasteiger partial charge on any atom is -0.391 e. The van der Waals surface area contributed by atoms with Crippen LogP contribution in [0.5, 0.6) is 0 Å². The molecular formula is C5H13O4P. The van der Waals surface area contributed by atoms with Gasteiger partial charge in [-0.15, -0.1) is 0 Å². The molecule has 0 rings (SSSR count). The van der Waals surface area contributed by atoms with E-state index in [4.69, 9.17) is 10.00 Å². The van der Waals surface area contributed by atoms with Gasteiger partial charge in [0.15, 0.2) is 0 Å². The lowest BCUT2D eigenvalue weighted by Crippen LogP contribution is -2.09. The summed E-state index contributed by atoms with van der Waals surface area (Å²) in [6.07, 6.45) is -0.605. The predicted molar refractivity (Wildman–Crippen MR) is 38.0 cm³/mol. The van der Waals surface area contributed by atoms with Crippen LogP contribution < -0.4 is 0 Å². The number of hydrogen-bond acceptors (Lipinski definition) is 3. The van der Waals surface area contributed by atoms with E-state index < -0.39 is 13.7 Å². The highest BCUT2D eigenvalue weighted by atomic mass is 31.2. The molecule has 2 N–H and O–H groups in total. The molecule has 0 amide bonds. The summed E-state index contributed by atoms with van der Waals surface area (Å²) in [6.45, 7) is 2.97. The molecule has 0 heterocycles. The van der Waals surface area contributed by atoms with Crippen molar-refractivity contribution < 1.29 is 19.1 Å². The molecule has 0 aromatic heterocycles. The molecule has 4 nitrogen and oxygen atoms in total. The summed E-state index contributed by atoms with van der Waals surface area (Å²) in [4.78, 5) is 8.79. The second kappa shape index (κ2) is 4.09. The molecule has 0 spiro atoms. The third-order valence-electron chi connectivity index (χ3n) is 0.917. The van der Waals surface area contributed by atoms with Crippen LogP contribution in [-0.4, -0.2) is 28.9 Å². The smallest absolute Gasteiger partial charge is 0.327 e. The second-order valence-corrected chi connectivity index (χ2v) is 4.26. The van der Waals surface area contributed by atoms with Crippen LogP contribution in [0.3, 0.4) is 0 Å². The van der Waals surface area contributed by atoms with Crippen molar-refractivity contribution in [2.24, 2.45) is 0 Å². The molecule has 62 valence electrons. The SMILES string of the molecule is CCP(=O)(O)OCC(C)O. The van der Waals surface area contributed by atoms with Gasteiger partial charge in [-0.2, -0.15) is 0 Å². The Balaban J connectivity index is 3.58. The maximum Gasteiger partial charge on any atom is 0.327 e. The Morgan fingerprint density at radius 2 is 2.20 bits per heavy atom. The molecule has 0 aromatic rings. The van der Waals surface area contributed by atoms with Crippen molar-refractivity contribution in [1.82, 2.24) is 0 Å². The third-order valence-corrected chi connectivity index (χ3v) is 2.27. The van der Waals surface area contributed by atoms with Crippen molar-refractivity contribution in [1.29, 1.82) is 0 Å².